The predicted octanol–water partition coefficient (Wildman–Crippen LogP) is 3.33. The highest BCUT2D eigenvalue weighted by Gasteiger charge is 2.12. The van der Waals surface area contributed by atoms with Crippen LogP contribution >= 0.6 is 11.6 Å². The van der Waals surface area contributed by atoms with Gasteiger partial charge in [0.25, 0.3) is 0 Å². The van der Waals surface area contributed by atoms with Gasteiger partial charge in [-0.3, -0.25) is 0 Å². The fourth-order valence-corrected chi connectivity index (χ4v) is 2.01. The Morgan fingerprint density at radius 3 is 2.57 bits per heavy atom. The van der Waals surface area contributed by atoms with Crippen LogP contribution in [0.4, 0.5) is 0 Å². The van der Waals surface area contributed by atoms with Crippen molar-refractivity contribution in [3.63, 3.8) is 0 Å². The monoisotopic (exact) mass is 309 g/mol. The highest BCUT2D eigenvalue weighted by Crippen LogP contribution is 2.16. The number of nitrogens with one attached hydrogen (secondary N) is 1. The summed E-state index contributed by atoms with van der Waals surface area (Å²) in [7, 11) is 0. The van der Waals surface area contributed by atoms with E-state index in [-0.39, 0.29) is 12.6 Å². The van der Waals surface area contributed by atoms with Crippen LogP contribution in [0.3, 0.4) is 0 Å². The Balaban J connectivity index is 1.72. The summed E-state index contributed by atoms with van der Waals surface area (Å²) in [4.78, 5) is 0. The SMILES string of the molecule is Cc1ccc(C(C)NCC(O)COc2ccc(Cl)cc2)o1. The lowest BCUT2D eigenvalue weighted by Gasteiger charge is -2.16. The Hall–Kier alpha value is -1.49. The normalized spacial score (nSPS) is 13.9. The molecule has 1 aromatic carbocycles. The van der Waals surface area contributed by atoms with Gasteiger partial charge in [-0.05, 0) is 50.2 Å². The van der Waals surface area contributed by atoms with E-state index < -0.39 is 6.10 Å². The molecule has 2 atom stereocenters. The van der Waals surface area contributed by atoms with Gasteiger partial charge >= 0.3 is 0 Å². The smallest absolute Gasteiger partial charge is 0.120 e. The van der Waals surface area contributed by atoms with E-state index in [0.29, 0.717) is 17.3 Å². The van der Waals surface area contributed by atoms with E-state index in [1.54, 1.807) is 24.3 Å². The van der Waals surface area contributed by atoms with Gasteiger partial charge in [0.1, 0.15) is 30.0 Å². The summed E-state index contributed by atoms with van der Waals surface area (Å²) in [6.45, 7) is 4.54. The lowest BCUT2D eigenvalue weighted by molar-refractivity contribution is 0.103. The van der Waals surface area contributed by atoms with Gasteiger partial charge in [0, 0.05) is 11.6 Å². The minimum absolute atomic E-state index is 0.0453. The van der Waals surface area contributed by atoms with Crippen molar-refractivity contribution < 1.29 is 14.3 Å². The Morgan fingerprint density at radius 1 is 1.24 bits per heavy atom. The summed E-state index contributed by atoms with van der Waals surface area (Å²) in [5, 5.41) is 13.8. The summed E-state index contributed by atoms with van der Waals surface area (Å²) in [5.74, 6) is 2.43. The van der Waals surface area contributed by atoms with E-state index in [9.17, 15) is 5.11 Å². The van der Waals surface area contributed by atoms with E-state index in [1.165, 1.54) is 0 Å². The first-order valence-electron chi connectivity index (χ1n) is 6.91. The van der Waals surface area contributed by atoms with Crippen LogP contribution in [0.1, 0.15) is 24.5 Å². The third-order valence-corrected chi connectivity index (χ3v) is 3.36. The molecule has 2 N–H and O–H groups in total. The van der Waals surface area contributed by atoms with Crippen LogP contribution in [0.2, 0.25) is 5.02 Å². The van der Waals surface area contributed by atoms with Crippen LogP contribution in [0.25, 0.3) is 0 Å². The highest BCUT2D eigenvalue weighted by molar-refractivity contribution is 6.30. The Morgan fingerprint density at radius 2 is 1.95 bits per heavy atom. The maximum absolute atomic E-state index is 9.92. The van der Waals surface area contributed by atoms with Gasteiger partial charge in [-0.1, -0.05) is 11.6 Å². The molecule has 0 fully saturated rings. The highest BCUT2D eigenvalue weighted by atomic mass is 35.5. The lowest BCUT2D eigenvalue weighted by Crippen LogP contribution is -2.32. The fraction of sp³-hybridized carbons (Fsp3) is 0.375. The number of aliphatic hydroxyl groups is 1. The number of hydrogen-bond donors (Lipinski definition) is 2. The summed E-state index contributed by atoms with van der Waals surface area (Å²) in [6, 6.07) is 11.0. The number of benzene rings is 1. The molecule has 0 saturated heterocycles. The first-order chi connectivity index (χ1) is 10.0. The molecule has 5 heteroatoms. The van der Waals surface area contributed by atoms with Crippen molar-refractivity contribution in [1.82, 2.24) is 5.32 Å². The first kappa shape index (κ1) is 15.9. The zero-order valence-corrected chi connectivity index (χ0v) is 12.9. The Labute approximate surface area is 129 Å². The molecule has 0 aliphatic heterocycles. The van der Waals surface area contributed by atoms with Crippen molar-refractivity contribution in [2.45, 2.75) is 26.0 Å². The number of aryl methyl sites for hydroxylation is 1. The third kappa shape index (κ3) is 5.08. The molecule has 4 nitrogen and oxygen atoms in total. The maximum atomic E-state index is 9.92. The quantitative estimate of drug-likeness (QED) is 0.823. The Bertz CT molecular complexity index is 553. The summed E-state index contributed by atoms with van der Waals surface area (Å²) in [6.07, 6.45) is -0.598. The zero-order chi connectivity index (χ0) is 15.2. The molecule has 1 aromatic heterocycles. The van der Waals surface area contributed by atoms with Gasteiger partial charge in [0.05, 0.1) is 6.04 Å². The molecule has 21 heavy (non-hydrogen) atoms. The molecule has 2 rings (SSSR count). The molecule has 1 heterocycles. The van der Waals surface area contributed by atoms with Crippen LogP contribution in [0.15, 0.2) is 40.8 Å². The average Bonchev–Trinajstić information content (AvgIpc) is 2.91. The molecule has 0 amide bonds. The van der Waals surface area contributed by atoms with Gasteiger partial charge in [-0.2, -0.15) is 0 Å². The van der Waals surface area contributed by atoms with Crippen molar-refractivity contribution in [3.8, 4) is 5.75 Å². The molecule has 0 spiro atoms. The molecule has 0 saturated carbocycles. The average molecular weight is 310 g/mol. The molecule has 114 valence electrons. The molecule has 2 aromatic rings. The van der Waals surface area contributed by atoms with Gasteiger partial charge < -0.3 is 19.6 Å². The minimum Gasteiger partial charge on any atom is -0.491 e. The first-order valence-corrected chi connectivity index (χ1v) is 7.28. The molecule has 2 unspecified atom stereocenters. The topological polar surface area (TPSA) is 54.6 Å². The second-order valence-electron chi connectivity index (χ2n) is 5.00. The van der Waals surface area contributed by atoms with E-state index in [1.807, 2.05) is 26.0 Å². The third-order valence-electron chi connectivity index (χ3n) is 3.10. The largest absolute Gasteiger partial charge is 0.491 e. The van der Waals surface area contributed by atoms with Gasteiger partial charge in [0.15, 0.2) is 0 Å². The fourth-order valence-electron chi connectivity index (χ4n) is 1.88. The van der Waals surface area contributed by atoms with Gasteiger partial charge in [-0.25, -0.2) is 0 Å². The van der Waals surface area contributed by atoms with E-state index >= 15 is 0 Å². The number of hydrogen-bond acceptors (Lipinski definition) is 4. The van der Waals surface area contributed by atoms with Gasteiger partial charge in [-0.15, -0.1) is 0 Å². The molecule has 0 radical (unpaired) electrons. The van der Waals surface area contributed by atoms with E-state index in [0.717, 1.165) is 11.5 Å². The molecule has 0 bridgehead atoms. The van der Waals surface area contributed by atoms with Gasteiger partial charge in [0.2, 0.25) is 0 Å². The predicted molar refractivity (Wildman–Crippen MR) is 82.8 cm³/mol. The van der Waals surface area contributed by atoms with Crippen molar-refractivity contribution in [3.05, 3.63) is 52.9 Å². The number of aliphatic hydroxyl groups excluding tert-OH is 1. The van der Waals surface area contributed by atoms with E-state index in [2.05, 4.69) is 5.32 Å². The van der Waals surface area contributed by atoms with Crippen LogP contribution in [0.5, 0.6) is 5.75 Å². The van der Waals surface area contributed by atoms with Crippen molar-refractivity contribution in [1.29, 1.82) is 0 Å². The second-order valence-corrected chi connectivity index (χ2v) is 5.43. The standard InChI is InChI=1S/C16H20ClNO3/c1-11-3-8-16(21-11)12(2)18-9-14(19)10-20-15-6-4-13(17)5-7-15/h3-8,12,14,18-19H,9-10H2,1-2H3. The molecule has 0 aliphatic carbocycles. The van der Waals surface area contributed by atoms with Crippen molar-refractivity contribution in [2.75, 3.05) is 13.2 Å². The van der Waals surface area contributed by atoms with Crippen molar-refractivity contribution >= 4 is 11.6 Å². The number of rotatable bonds is 7. The van der Waals surface area contributed by atoms with Crippen LogP contribution in [-0.2, 0) is 0 Å². The maximum Gasteiger partial charge on any atom is 0.120 e. The zero-order valence-electron chi connectivity index (χ0n) is 12.2. The van der Waals surface area contributed by atoms with Crippen LogP contribution < -0.4 is 10.1 Å². The lowest BCUT2D eigenvalue weighted by atomic mass is 10.2. The van der Waals surface area contributed by atoms with E-state index in [4.69, 9.17) is 20.8 Å². The minimum atomic E-state index is -0.598. The van der Waals surface area contributed by atoms with Crippen LogP contribution in [0, 0.1) is 6.92 Å². The summed E-state index contributed by atoms with van der Waals surface area (Å²) in [5.41, 5.74) is 0. The number of halogens is 1. The second kappa shape index (κ2) is 7.50. The molecular formula is C16H20ClNO3. The Kier molecular flexibility index (Phi) is 5.67. The molecule has 0 aliphatic rings. The number of furan rings is 1. The summed E-state index contributed by atoms with van der Waals surface area (Å²) < 4.78 is 11.0. The van der Waals surface area contributed by atoms with Crippen LogP contribution in [-0.4, -0.2) is 24.4 Å². The molecular weight excluding hydrogens is 290 g/mol. The summed E-state index contributed by atoms with van der Waals surface area (Å²) >= 11 is 5.80. The number of ether oxygens (including phenoxy) is 1. The van der Waals surface area contributed by atoms with Crippen molar-refractivity contribution in [2.24, 2.45) is 0 Å².